The Bertz CT molecular complexity index is 991. The normalized spacial score (nSPS) is 16.8. The van der Waals surface area contributed by atoms with E-state index >= 15 is 0 Å². The van der Waals surface area contributed by atoms with E-state index in [0.717, 1.165) is 29.9 Å². The first-order valence-electron chi connectivity index (χ1n) is 8.20. The molecule has 1 radical (unpaired) electrons. The van der Waals surface area contributed by atoms with E-state index in [2.05, 4.69) is 6.07 Å². The van der Waals surface area contributed by atoms with Crippen molar-refractivity contribution in [3.05, 3.63) is 71.4 Å². The molecule has 0 bridgehead atoms. The van der Waals surface area contributed by atoms with Gasteiger partial charge in [0.25, 0.3) is 0 Å². The minimum absolute atomic E-state index is 0.222. The summed E-state index contributed by atoms with van der Waals surface area (Å²) in [4.78, 5) is 11.8. The molecule has 1 saturated carbocycles. The van der Waals surface area contributed by atoms with E-state index in [1.165, 1.54) is 16.7 Å². The fourth-order valence-electron chi connectivity index (χ4n) is 3.85. The number of halogens is 2. The highest BCUT2D eigenvalue weighted by Crippen LogP contribution is 2.53. The van der Waals surface area contributed by atoms with E-state index in [0.29, 0.717) is 11.1 Å². The van der Waals surface area contributed by atoms with Gasteiger partial charge >= 0.3 is 6.03 Å². The van der Waals surface area contributed by atoms with Gasteiger partial charge in [-0.3, -0.25) is 4.57 Å². The molecule has 1 aromatic heterocycles. The van der Waals surface area contributed by atoms with Crippen molar-refractivity contribution in [2.75, 3.05) is 0 Å². The summed E-state index contributed by atoms with van der Waals surface area (Å²) in [5, 5.41) is 0.805. The number of carbonyl (C=O) groups is 1. The molecule has 5 heteroatoms. The van der Waals surface area contributed by atoms with Crippen molar-refractivity contribution in [1.29, 1.82) is 0 Å². The second-order valence-electron chi connectivity index (χ2n) is 6.78. The van der Waals surface area contributed by atoms with Crippen LogP contribution in [0.15, 0.2) is 42.6 Å². The van der Waals surface area contributed by atoms with Gasteiger partial charge in [-0.05, 0) is 36.0 Å². The van der Waals surface area contributed by atoms with E-state index in [1.54, 1.807) is 12.3 Å². The number of rotatable bonds is 3. The zero-order valence-corrected chi connectivity index (χ0v) is 13.7. The molecular formula is C20H17F2N2O. The van der Waals surface area contributed by atoms with E-state index in [9.17, 15) is 13.6 Å². The van der Waals surface area contributed by atoms with Crippen LogP contribution in [0.25, 0.3) is 10.9 Å². The summed E-state index contributed by atoms with van der Waals surface area (Å²) in [5.74, 6) is -0.957. The fourth-order valence-corrected chi connectivity index (χ4v) is 3.85. The van der Waals surface area contributed by atoms with Crippen LogP contribution in [0.4, 0.5) is 13.6 Å². The van der Waals surface area contributed by atoms with Gasteiger partial charge in [-0.2, -0.15) is 0 Å². The predicted molar refractivity (Wildman–Crippen MR) is 91.3 cm³/mol. The van der Waals surface area contributed by atoms with Crippen LogP contribution in [0, 0.1) is 23.6 Å². The number of hydrogen-bond acceptors (Lipinski definition) is 1. The number of fused-ring (bicyclic) bond motifs is 1. The van der Waals surface area contributed by atoms with Crippen molar-refractivity contribution in [2.24, 2.45) is 11.7 Å². The average Bonchev–Trinajstić information content (AvgIpc) is 3.35. The fraction of sp³-hybridized carbons (Fsp3) is 0.250. The van der Waals surface area contributed by atoms with E-state index in [1.807, 2.05) is 19.1 Å². The Kier molecular flexibility index (Phi) is 3.42. The standard InChI is InChI=1S/C20H17F2N2O/c1-20(12-6-7-12,15-9-8-13(21)10-17(15)22)16-11-24(19(23)25)18-5-3-2-4-14(16)18/h2-4,8-12H,6-7H2,1H3,(H2,23,25). The van der Waals surface area contributed by atoms with E-state index in [4.69, 9.17) is 5.73 Å². The molecule has 3 nitrogen and oxygen atoms in total. The number of nitrogens with zero attached hydrogens (tertiary/aromatic N) is 1. The summed E-state index contributed by atoms with van der Waals surface area (Å²) >= 11 is 0. The lowest BCUT2D eigenvalue weighted by Gasteiger charge is -2.31. The minimum Gasteiger partial charge on any atom is -0.351 e. The van der Waals surface area contributed by atoms with Crippen LogP contribution in [0.3, 0.4) is 0 Å². The molecule has 3 aromatic rings. The minimum atomic E-state index is -0.675. The lowest BCUT2D eigenvalue weighted by molar-refractivity contribution is 0.251. The van der Waals surface area contributed by atoms with Gasteiger partial charge in [0.1, 0.15) is 11.6 Å². The van der Waals surface area contributed by atoms with Gasteiger partial charge in [-0.1, -0.05) is 31.2 Å². The van der Waals surface area contributed by atoms with Gasteiger partial charge in [0.15, 0.2) is 0 Å². The van der Waals surface area contributed by atoms with Crippen LogP contribution in [0.5, 0.6) is 0 Å². The van der Waals surface area contributed by atoms with Gasteiger partial charge in [0, 0.05) is 29.1 Å². The highest BCUT2D eigenvalue weighted by Gasteiger charge is 2.47. The lowest BCUT2D eigenvalue weighted by Crippen LogP contribution is -2.28. The Labute approximate surface area is 144 Å². The molecule has 25 heavy (non-hydrogen) atoms. The summed E-state index contributed by atoms with van der Waals surface area (Å²) < 4.78 is 29.4. The van der Waals surface area contributed by atoms with Crippen molar-refractivity contribution < 1.29 is 13.6 Å². The number of benzene rings is 2. The zero-order valence-electron chi connectivity index (χ0n) is 13.7. The first-order chi connectivity index (χ1) is 11.9. The summed E-state index contributed by atoms with van der Waals surface area (Å²) in [6.07, 6.45) is 3.57. The lowest BCUT2D eigenvalue weighted by atomic mass is 9.72. The summed E-state index contributed by atoms with van der Waals surface area (Å²) in [6.45, 7) is 1.95. The largest absolute Gasteiger partial charge is 0.351 e. The number of hydrogen-bond donors (Lipinski definition) is 1. The smallest absolute Gasteiger partial charge is 0.323 e. The van der Waals surface area contributed by atoms with Crippen molar-refractivity contribution in [2.45, 2.75) is 25.2 Å². The molecule has 127 valence electrons. The quantitative estimate of drug-likeness (QED) is 0.757. The van der Waals surface area contributed by atoms with Crippen LogP contribution in [-0.4, -0.2) is 10.6 Å². The second-order valence-corrected chi connectivity index (χ2v) is 6.78. The highest BCUT2D eigenvalue weighted by molar-refractivity contribution is 5.94. The molecule has 1 unspecified atom stereocenters. The molecule has 1 heterocycles. The molecule has 1 aliphatic rings. The maximum atomic E-state index is 14.6. The number of para-hydroxylation sites is 1. The number of nitrogens with two attached hydrogens (primary N) is 1. The maximum absolute atomic E-state index is 14.6. The third kappa shape index (κ3) is 2.34. The number of primary amides is 1. The molecule has 0 aliphatic heterocycles. The Morgan fingerprint density at radius 1 is 1.28 bits per heavy atom. The van der Waals surface area contributed by atoms with Gasteiger partial charge in [-0.25, -0.2) is 13.6 Å². The third-order valence-corrected chi connectivity index (χ3v) is 5.30. The molecule has 2 aromatic carbocycles. The molecule has 0 saturated heterocycles. The van der Waals surface area contributed by atoms with E-state index in [-0.39, 0.29) is 5.92 Å². The Morgan fingerprint density at radius 2 is 2.04 bits per heavy atom. The van der Waals surface area contributed by atoms with Gasteiger partial charge in [0.05, 0.1) is 5.52 Å². The Morgan fingerprint density at radius 3 is 2.68 bits per heavy atom. The van der Waals surface area contributed by atoms with Gasteiger partial charge < -0.3 is 5.73 Å². The third-order valence-electron chi connectivity index (χ3n) is 5.30. The molecule has 1 fully saturated rings. The summed E-state index contributed by atoms with van der Waals surface area (Å²) in [5.41, 5.74) is 6.64. The van der Waals surface area contributed by atoms with Crippen LogP contribution < -0.4 is 5.73 Å². The van der Waals surface area contributed by atoms with Crippen molar-refractivity contribution >= 4 is 16.9 Å². The SMILES string of the molecule is CC(c1ccc(F)cc1F)(c1cn(C(N)=O)c2[c]cccc12)C1CC1. The molecule has 0 spiro atoms. The summed E-state index contributed by atoms with van der Waals surface area (Å²) in [7, 11) is 0. The summed E-state index contributed by atoms with van der Waals surface area (Å²) in [6, 6.07) is 11.5. The van der Waals surface area contributed by atoms with Crippen molar-refractivity contribution in [3.8, 4) is 0 Å². The topological polar surface area (TPSA) is 48.0 Å². The van der Waals surface area contributed by atoms with Crippen LogP contribution in [-0.2, 0) is 5.41 Å². The predicted octanol–water partition coefficient (Wildman–Crippen LogP) is 4.36. The van der Waals surface area contributed by atoms with Gasteiger partial charge in [-0.15, -0.1) is 0 Å². The Balaban J connectivity index is 2.02. The van der Waals surface area contributed by atoms with E-state index < -0.39 is 23.1 Å². The first-order valence-corrected chi connectivity index (χ1v) is 8.20. The maximum Gasteiger partial charge on any atom is 0.323 e. The monoisotopic (exact) mass is 339 g/mol. The van der Waals surface area contributed by atoms with Crippen LogP contribution in [0.1, 0.15) is 30.9 Å². The zero-order chi connectivity index (χ0) is 17.8. The number of carbonyl (C=O) groups excluding carboxylic acids is 1. The second kappa shape index (κ2) is 5.41. The van der Waals surface area contributed by atoms with Crippen LogP contribution >= 0.6 is 0 Å². The molecule has 1 aliphatic carbocycles. The first kappa shape index (κ1) is 15.8. The number of amides is 1. The molecule has 1 atom stereocenters. The number of aromatic nitrogens is 1. The van der Waals surface area contributed by atoms with Crippen molar-refractivity contribution in [1.82, 2.24) is 4.57 Å². The average molecular weight is 339 g/mol. The molecule has 1 amide bonds. The van der Waals surface area contributed by atoms with Gasteiger partial charge in [0.2, 0.25) is 0 Å². The Hall–Kier alpha value is -2.69. The molecule has 4 rings (SSSR count). The molecule has 2 N–H and O–H groups in total. The molecular weight excluding hydrogens is 322 g/mol. The van der Waals surface area contributed by atoms with Crippen LogP contribution in [0.2, 0.25) is 0 Å². The van der Waals surface area contributed by atoms with Crippen molar-refractivity contribution in [3.63, 3.8) is 0 Å². The highest BCUT2D eigenvalue weighted by atomic mass is 19.1.